The molecule has 168 valence electrons. The van der Waals surface area contributed by atoms with Crippen LogP contribution in [0, 0.1) is 0 Å². The van der Waals surface area contributed by atoms with Crippen molar-refractivity contribution in [3.63, 3.8) is 0 Å². The highest BCUT2D eigenvalue weighted by molar-refractivity contribution is 5.84. The Hall–Kier alpha value is -3.38. The van der Waals surface area contributed by atoms with E-state index >= 15 is 0 Å². The van der Waals surface area contributed by atoms with Crippen LogP contribution in [0.5, 0.6) is 0 Å². The number of ether oxygens (including phenoxy) is 1. The van der Waals surface area contributed by atoms with Gasteiger partial charge in [-0.25, -0.2) is 15.0 Å². The van der Waals surface area contributed by atoms with Crippen LogP contribution < -0.4 is 10.3 Å². The number of anilines is 2. The SMILES string of the molecule is CN(C)c1ccc(/C=C/C=N/Nc2ncnc3c2ncn3[C@@H]2O[C@H](CO)C(O)[C@@H]2O)cc1. The Kier molecular flexibility index (Phi) is 6.42. The molecule has 4 N–H and O–H groups in total. The van der Waals surface area contributed by atoms with Gasteiger partial charge in [0.25, 0.3) is 0 Å². The first kappa shape index (κ1) is 21.8. The standard InChI is InChI=1S/C21H25N7O4/c1-27(2)14-7-5-13(6-8-14)4-3-9-25-26-19-16-20(23-11-22-19)28(12-24-16)21-18(31)17(30)15(10-29)32-21/h3-9,11-12,15,17-18,21,29-31H,10H2,1-2H3,(H,22,23,26)/b4-3+,25-9+/t15-,17?,18+,21-/m1/s1. The molecule has 1 aromatic carbocycles. The minimum atomic E-state index is -1.23. The molecule has 11 heteroatoms. The second-order valence-electron chi connectivity index (χ2n) is 7.51. The van der Waals surface area contributed by atoms with Gasteiger partial charge in [0.1, 0.15) is 24.6 Å². The molecule has 0 amide bonds. The number of hydrogen-bond acceptors (Lipinski definition) is 10. The molecule has 0 saturated carbocycles. The molecule has 2 aromatic heterocycles. The number of aliphatic hydroxyl groups is 3. The van der Waals surface area contributed by atoms with Crippen LogP contribution in [0.15, 0.2) is 48.1 Å². The number of rotatable bonds is 7. The predicted molar refractivity (Wildman–Crippen MR) is 120 cm³/mol. The van der Waals surface area contributed by atoms with Crippen LogP contribution >= 0.6 is 0 Å². The molecule has 1 aliphatic heterocycles. The number of aliphatic hydroxyl groups excluding tert-OH is 3. The highest BCUT2D eigenvalue weighted by Gasteiger charge is 2.44. The molecular weight excluding hydrogens is 414 g/mol. The first-order valence-corrected chi connectivity index (χ1v) is 10.0. The van der Waals surface area contributed by atoms with E-state index in [1.807, 2.05) is 49.3 Å². The Morgan fingerprint density at radius 1 is 1.16 bits per heavy atom. The number of hydrazone groups is 1. The fourth-order valence-corrected chi connectivity index (χ4v) is 3.41. The van der Waals surface area contributed by atoms with Crippen LogP contribution in [0.3, 0.4) is 0 Å². The number of nitrogens with one attached hydrogen (secondary N) is 1. The van der Waals surface area contributed by atoms with Crippen LogP contribution in [-0.2, 0) is 4.74 Å². The number of imidazole rings is 1. The van der Waals surface area contributed by atoms with Crippen molar-refractivity contribution in [2.75, 3.05) is 31.0 Å². The summed E-state index contributed by atoms with van der Waals surface area (Å²) in [6.45, 7) is -0.412. The molecule has 1 unspecified atom stereocenters. The van der Waals surface area contributed by atoms with Crippen molar-refractivity contribution in [2.24, 2.45) is 5.10 Å². The van der Waals surface area contributed by atoms with Crippen LogP contribution in [0.4, 0.5) is 11.5 Å². The molecule has 11 nitrogen and oxygen atoms in total. The molecule has 1 fully saturated rings. The van der Waals surface area contributed by atoms with Gasteiger partial charge in [0.15, 0.2) is 23.2 Å². The van der Waals surface area contributed by atoms with Crippen LogP contribution in [0.2, 0.25) is 0 Å². The zero-order valence-corrected chi connectivity index (χ0v) is 17.6. The number of hydrogen-bond donors (Lipinski definition) is 4. The molecule has 0 aliphatic carbocycles. The van der Waals surface area contributed by atoms with Gasteiger partial charge in [-0.15, -0.1) is 0 Å². The lowest BCUT2D eigenvalue weighted by molar-refractivity contribution is -0.0511. The summed E-state index contributed by atoms with van der Waals surface area (Å²) < 4.78 is 7.05. The first-order chi connectivity index (χ1) is 15.5. The van der Waals surface area contributed by atoms with E-state index in [1.165, 1.54) is 17.2 Å². The van der Waals surface area contributed by atoms with Gasteiger partial charge >= 0.3 is 0 Å². The first-order valence-electron chi connectivity index (χ1n) is 10.0. The minimum absolute atomic E-state index is 0.375. The van der Waals surface area contributed by atoms with Crippen molar-refractivity contribution in [3.8, 4) is 0 Å². The van der Waals surface area contributed by atoms with Crippen LogP contribution in [-0.4, -0.2) is 80.1 Å². The molecular formula is C21H25N7O4. The van der Waals surface area contributed by atoms with Gasteiger partial charge in [0, 0.05) is 26.0 Å². The van der Waals surface area contributed by atoms with Crippen LogP contribution in [0.1, 0.15) is 11.8 Å². The molecule has 0 spiro atoms. The zero-order chi connectivity index (χ0) is 22.7. The lowest BCUT2D eigenvalue weighted by Crippen LogP contribution is -2.33. The highest BCUT2D eigenvalue weighted by atomic mass is 16.6. The molecule has 4 rings (SSSR count). The van der Waals surface area contributed by atoms with Crippen molar-refractivity contribution in [3.05, 3.63) is 48.6 Å². The number of fused-ring (bicyclic) bond motifs is 1. The summed E-state index contributed by atoms with van der Waals surface area (Å²) in [5, 5.41) is 33.7. The third-order valence-electron chi connectivity index (χ3n) is 5.18. The quantitative estimate of drug-likeness (QED) is 0.308. The van der Waals surface area contributed by atoms with Crippen molar-refractivity contribution in [2.45, 2.75) is 24.5 Å². The normalized spacial score (nSPS) is 23.5. The van der Waals surface area contributed by atoms with Gasteiger partial charge in [0.2, 0.25) is 0 Å². The third-order valence-corrected chi connectivity index (χ3v) is 5.18. The summed E-state index contributed by atoms with van der Waals surface area (Å²) in [5.41, 5.74) is 5.82. The Morgan fingerprint density at radius 2 is 1.94 bits per heavy atom. The lowest BCUT2D eigenvalue weighted by atomic mass is 10.1. The molecule has 3 aromatic rings. The molecule has 0 bridgehead atoms. The predicted octanol–water partition coefficient (Wildman–Crippen LogP) is 0.615. The van der Waals surface area contributed by atoms with E-state index in [0.29, 0.717) is 17.0 Å². The molecule has 1 saturated heterocycles. The Morgan fingerprint density at radius 3 is 2.62 bits per heavy atom. The number of allylic oxidation sites excluding steroid dienone is 1. The van der Waals surface area contributed by atoms with Gasteiger partial charge in [-0.3, -0.25) is 9.99 Å². The number of nitrogens with zero attached hydrogens (tertiary/aromatic N) is 6. The molecule has 1 aliphatic rings. The smallest absolute Gasteiger partial charge is 0.177 e. The monoisotopic (exact) mass is 439 g/mol. The van der Waals surface area contributed by atoms with Gasteiger partial charge in [-0.05, 0) is 23.8 Å². The maximum Gasteiger partial charge on any atom is 0.177 e. The van der Waals surface area contributed by atoms with Crippen molar-refractivity contribution in [1.82, 2.24) is 19.5 Å². The van der Waals surface area contributed by atoms with Gasteiger partial charge < -0.3 is 25.0 Å². The molecule has 4 atom stereocenters. The van der Waals surface area contributed by atoms with Crippen molar-refractivity contribution >= 4 is 35.0 Å². The summed E-state index contributed by atoms with van der Waals surface area (Å²) in [4.78, 5) is 14.7. The average Bonchev–Trinajstić information content (AvgIpc) is 3.35. The second kappa shape index (κ2) is 9.40. The minimum Gasteiger partial charge on any atom is -0.394 e. The van der Waals surface area contributed by atoms with Gasteiger partial charge in [-0.2, -0.15) is 5.10 Å². The molecule has 0 radical (unpaired) electrons. The van der Waals surface area contributed by atoms with Crippen molar-refractivity contribution in [1.29, 1.82) is 0 Å². The maximum atomic E-state index is 10.3. The van der Waals surface area contributed by atoms with E-state index in [4.69, 9.17) is 4.74 Å². The fraction of sp³-hybridized carbons (Fsp3) is 0.333. The molecule has 3 heterocycles. The topological polar surface area (TPSA) is 141 Å². The number of aromatic nitrogens is 4. The van der Waals surface area contributed by atoms with Gasteiger partial charge in [0.05, 0.1) is 12.9 Å². The maximum absolute atomic E-state index is 10.3. The lowest BCUT2D eigenvalue weighted by Gasteiger charge is -2.16. The van der Waals surface area contributed by atoms with Crippen LogP contribution in [0.25, 0.3) is 17.2 Å². The second-order valence-corrected chi connectivity index (χ2v) is 7.51. The Balaban J connectivity index is 1.45. The summed E-state index contributed by atoms with van der Waals surface area (Å²) in [7, 11) is 3.99. The van der Waals surface area contributed by atoms with E-state index in [2.05, 4.69) is 25.5 Å². The van der Waals surface area contributed by atoms with E-state index in [-0.39, 0.29) is 0 Å². The summed E-state index contributed by atoms with van der Waals surface area (Å²) >= 11 is 0. The Bertz CT molecular complexity index is 1110. The molecule has 32 heavy (non-hydrogen) atoms. The Labute approximate surface area is 184 Å². The largest absolute Gasteiger partial charge is 0.394 e. The van der Waals surface area contributed by atoms with Crippen molar-refractivity contribution < 1.29 is 20.1 Å². The highest BCUT2D eigenvalue weighted by Crippen LogP contribution is 2.32. The summed E-state index contributed by atoms with van der Waals surface area (Å²) in [6, 6.07) is 8.11. The van der Waals surface area contributed by atoms with E-state index in [1.54, 1.807) is 12.3 Å². The zero-order valence-electron chi connectivity index (χ0n) is 17.6. The van der Waals surface area contributed by atoms with Gasteiger partial charge in [-0.1, -0.05) is 18.2 Å². The summed E-state index contributed by atoms with van der Waals surface area (Å²) in [5.74, 6) is 0.375. The fourth-order valence-electron chi connectivity index (χ4n) is 3.41. The van der Waals surface area contributed by atoms with E-state index < -0.39 is 31.1 Å². The number of benzene rings is 1. The van der Waals surface area contributed by atoms with E-state index in [9.17, 15) is 15.3 Å². The van der Waals surface area contributed by atoms with E-state index in [0.717, 1.165) is 11.3 Å². The third kappa shape index (κ3) is 4.32. The average molecular weight is 439 g/mol. The summed E-state index contributed by atoms with van der Waals surface area (Å²) in [6.07, 6.45) is 3.83.